The molecule has 0 aliphatic carbocycles. The second kappa shape index (κ2) is 9.09. The molecule has 1 atom stereocenters. The highest BCUT2D eigenvalue weighted by molar-refractivity contribution is 7.16. The smallest absolute Gasteiger partial charge is 0.212 e. The number of furan rings is 1. The van der Waals surface area contributed by atoms with Gasteiger partial charge in [-0.2, -0.15) is 5.10 Å². The van der Waals surface area contributed by atoms with Crippen LogP contribution in [-0.2, 0) is 6.61 Å². The fourth-order valence-corrected chi connectivity index (χ4v) is 4.79. The molecule has 180 valence electrons. The maximum atomic E-state index is 13.6. The molecular formula is C27H21FN4O3S. The lowest BCUT2D eigenvalue weighted by atomic mass is 10.1. The van der Waals surface area contributed by atoms with Crippen LogP contribution in [0.4, 0.5) is 4.39 Å². The van der Waals surface area contributed by atoms with Crippen molar-refractivity contribution in [2.75, 3.05) is 7.11 Å². The largest absolute Gasteiger partial charge is 0.496 e. The molecule has 6 rings (SSSR count). The molecule has 7 nitrogen and oxygen atoms in total. The van der Waals surface area contributed by atoms with Gasteiger partial charge in [0.1, 0.15) is 29.4 Å². The number of hydrogen-bond acceptors (Lipinski definition) is 7. The summed E-state index contributed by atoms with van der Waals surface area (Å²) in [5, 5.41) is 5.45. The molecule has 0 fully saturated rings. The monoisotopic (exact) mass is 500 g/mol. The van der Waals surface area contributed by atoms with Crippen molar-refractivity contribution in [2.45, 2.75) is 19.7 Å². The summed E-state index contributed by atoms with van der Waals surface area (Å²) in [6.45, 7) is 1.83. The molecule has 4 heterocycles. The predicted molar refractivity (Wildman–Crippen MR) is 136 cm³/mol. The molecule has 0 unspecified atom stereocenters. The maximum Gasteiger partial charge on any atom is 0.212 e. The Morgan fingerprint density at radius 3 is 2.78 bits per heavy atom. The van der Waals surface area contributed by atoms with Crippen molar-refractivity contribution < 1.29 is 18.3 Å². The molecule has 0 spiro atoms. The molecule has 9 heteroatoms. The van der Waals surface area contributed by atoms with Crippen molar-refractivity contribution in [1.29, 1.82) is 0 Å². The highest BCUT2D eigenvalue weighted by Crippen LogP contribution is 2.37. The Kier molecular flexibility index (Phi) is 5.61. The summed E-state index contributed by atoms with van der Waals surface area (Å²) in [4.78, 5) is 9.38. The number of nitrogens with zero attached hydrogens (tertiary/aromatic N) is 4. The van der Waals surface area contributed by atoms with Gasteiger partial charge in [-0.05, 0) is 41.8 Å². The molecule has 0 aliphatic heterocycles. The van der Waals surface area contributed by atoms with E-state index in [0.717, 1.165) is 22.1 Å². The second-order valence-corrected chi connectivity index (χ2v) is 9.28. The van der Waals surface area contributed by atoms with Gasteiger partial charge < -0.3 is 13.9 Å². The van der Waals surface area contributed by atoms with E-state index in [0.29, 0.717) is 45.1 Å². The van der Waals surface area contributed by atoms with Crippen LogP contribution in [0.3, 0.4) is 0 Å². The van der Waals surface area contributed by atoms with Crippen molar-refractivity contribution in [2.24, 2.45) is 0 Å². The first-order chi connectivity index (χ1) is 17.6. The van der Waals surface area contributed by atoms with Crippen LogP contribution in [0, 0.1) is 0 Å². The summed E-state index contributed by atoms with van der Waals surface area (Å²) in [5.41, 5.74) is 4.37. The number of imidazole rings is 1. The molecule has 0 radical (unpaired) electrons. The van der Waals surface area contributed by atoms with Gasteiger partial charge in [-0.3, -0.25) is 4.98 Å². The van der Waals surface area contributed by atoms with Gasteiger partial charge in [0.25, 0.3) is 0 Å². The van der Waals surface area contributed by atoms with Crippen molar-refractivity contribution in [1.82, 2.24) is 19.6 Å². The average Bonchev–Trinajstić information content (AvgIpc) is 3.61. The Labute approximate surface area is 209 Å². The third-order valence-corrected chi connectivity index (χ3v) is 6.85. The zero-order chi connectivity index (χ0) is 24.6. The molecule has 0 amide bonds. The third-order valence-electron chi connectivity index (χ3n) is 5.78. The number of aromatic nitrogens is 4. The first-order valence-corrected chi connectivity index (χ1v) is 12.1. The lowest BCUT2D eigenvalue weighted by molar-refractivity contribution is 0.307. The van der Waals surface area contributed by atoms with Crippen molar-refractivity contribution in [3.63, 3.8) is 0 Å². The number of alkyl halides is 1. The molecule has 6 aromatic rings. The molecule has 0 aliphatic rings. The summed E-state index contributed by atoms with van der Waals surface area (Å²) >= 11 is 1.22. The van der Waals surface area contributed by atoms with Gasteiger partial charge in [0.2, 0.25) is 4.96 Å². The molecule has 36 heavy (non-hydrogen) atoms. The minimum Gasteiger partial charge on any atom is -0.496 e. The Bertz CT molecular complexity index is 1640. The van der Waals surface area contributed by atoms with Gasteiger partial charge in [-0.1, -0.05) is 35.6 Å². The zero-order valence-electron chi connectivity index (χ0n) is 19.5. The van der Waals surface area contributed by atoms with E-state index in [1.807, 2.05) is 54.7 Å². The number of rotatable bonds is 7. The molecule has 0 N–H and O–H groups in total. The minimum atomic E-state index is -1.14. The lowest BCUT2D eigenvalue weighted by Gasteiger charge is -2.10. The molecule has 4 aromatic heterocycles. The average molecular weight is 501 g/mol. The van der Waals surface area contributed by atoms with Gasteiger partial charge >= 0.3 is 0 Å². The highest BCUT2D eigenvalue weighted by atomic mass is 32.1. The standard InChI is InChI=1S/C27H21FN4O3S/c1-16(28)26-31-32-14-22(30-27(32)36-26)25-12-21-23(10-20(33-2)11-24(21)35-25)34-15-17-5-3-6-18(9-17)19-7-4-8-29-13-19/h3-14,16H,15H2,1-2H3/t16-/m0/s1. The van der Waals surface area contributed by atoms with E-state index in [4.69, 9.17) is 13.9 Å². The van der Waals surface area contributed by atoms with Crippen LogP contribution in [0.25, 0.3) is 38.5 Å². The van der Waals surface area contributed by atoms with Crippen molar-refractivity contribution >= 4 is 27.3 Å². The Morgan fingerprint density at radius 2 is 2.00 bits per heavy atom. The molecular weight excluding hydrogens is 479 g/mol. The number of ether oxygens (including phenoxy) is 2. The molecule has 0 saturated heterocycles. The third kappa shape index (κ3) is 4.18. The van der Waals surface area contributed by atoms with Crippen LogP contribution < -0.4 is 9.47 Å². The normalized spacial score (nSPS) is 12.3. The number of halogens is 1. The summed E-state index contributed by atoms with van der Waals surface area (Å²) in [6.07, 6.45) is 4.20. The fraction of sp³-hybridized carbons (Fsp3) is 0.148. The van der Waals surface area contributed by atoms with Crippen LogP contribution in [-0.4, -0.2) is 26.7 Å². The maximum absolute atomic E-state index is 13.6. The van der Waals surface area contributed by atoms with Gasteiger partial charge in [-0.25, -0.2) is 13.9 Å². The van der Waals surface area contributed by atoms with E-state index < -0.39 is 6.17 Å². The van der Waals surface area contributed by atoms with Crippen LogP contribution >= 0.6 is 11.3 Å². The van der Waals surface area contributed by atoms with Gasteiger partial charge in [0.05, 0.1) is 18.7 Å². The first-order valence-electron chi connectivity index (χ1n) is 11.3. The molecule has 0 bridgehead atoms. The van der Waals surface area contributed by atoms with Crippen molar-refractivity contribution in [3.8, 4) is 34.1 Å². The van der Waals surface area contributed by atoms with Crippen molar-refractivity contribution in [3.05, 3.63) is 83.8 Å². The van der Waals surface area contributed by atoms with E-state index in [2.05, 4.69) is 21.1 Å². The predicted octanol–water partition coefficient (Wildman–Crippen LogP) is 6.88. The van der Waals surface area contributed by atoms with Crippen LogP contribution in [0.2, 0.25) is 0 Å². The first kappa shape index (κ1) is 22.2. The van der Waals surface area contributed by atoms with Crippen LogP contribution in [0.5, 0.6) is 11.5 Å². The van der Waals surface area contributed by atoms with Gasteiger partial charge in [0.15, 0.2) is 16.9 Å². The molecule has 2 aromatic carbocycles. The second-order valence-electron chi connectivity index (χ2n) is 8.29. The Balaban J connectivity index is 1.31. The Morgan fingerprint density at radius 1 is 1.11 bits per heavy atom. The number of hydrogen-bond donors (Lipinski definition) is 0. The molecule has 0 saturated carbocycles. The minimum absolute atomic E-state index is 0.366. The van der Waals surface area contributed by atoms with Gasteiger partial charge in [0, 0.05) is 24.5 Å². The van der Waals surface area contributed by atoms with E-state index >= 15 is 0 Å². The number of methoxy groups -OCH3 is 1. The van der Waals surface area contributed by atoms with E-state index in [9.17, 15) is 4.39 Å². The number of fused-ring (bicyclic) bond motifs is 2. The van der Waals surface area contributed by atoms with E-state index in [1.165, 1.54) is 18.3 Å². The summed E-state index contributed by atoms with van der Waals surface area (Å²) in [6, 6.07) is 17.7. The lowest BCUT2D eigenvalue weighted by Crippen LogP contribution is -1.97. The number of benzene rings is 2. The Hall–Kier alpha value is -4.24. The SMILES string of the molecule is COc1cc(OCc2cccc(-c3cccnc3)c2)c2cc(-c3cn4nc([C@H](C)F)sc4n3)oc2c1. The summed E-state index contributed by atoms with van der Waals surface area (Å²) in [7, 11) is 1.60. The van der Waals surface area contributed by atoms with Gasteiger partial charge in [-0.15, -0.1) is 0 Å². The summed E-state index contributed by atoms with van der Waals surface area (Å²) in [5.74, 6) is 1.82. The van der Waals surface area contributed by atoms with Crippen LogP contribution in [0.1, 0.15) is 23.7 Å². The van der Waals surface area contributed by atoms with E-state index in [-0.39, 0.29) is 0 Å². The highest BCUT2D eigenvalue weighted by Gasteiger charge is 2.18. The number of pyridine rings is 1. The van der Waals surface area contributed by atoms with E-state index in [1.54, 1.807) is 24.0 Å². The zero-order valence-corrected chi connectivity index (χ0v) is 20.3. The topological polar surface area (TPSA) is 74.7 Å². The fourth-order valence-electron chi connectivity index (χ4n) is 3.98. The van der Waals surface area contributed by atoms with Crippen LogP contribution in [0.15, 0.2) is 77.6 Å². The quantitative estimate of drug-likeness (QED) is 0.238. The summed E-state index contributed by atoms with van der Waals surface area (Å²) < 4.78 is 33.0.